The summed E-state index contributed by atoms with van der Waals surface area (Å²) in [6.45, 7) is 3.51. The molecule has 0 aliphatic carbocycles. The predicted octanol–water partition coefficient (Wildman–Crippen LogP) is -1.51. The summed E-state index contributed by atoms with van der Waals surface area (Å²) in [6, 6.07) is 2.79. The monoisotopic (exact) mass is 507 g/mol. The zero-order valence-electron chi connectivity index (χ0n) is 20.1. The Morgan fingerprint density at radius 3 is 1.81 bits per heavy atom. The van der Waals surface area contributed by atoms with E-state index in [2.05, 4.69) is 16.0 Å². The van der Waals surface area contributed by atoms with Crippen molar-refractivity contribution in [1.82, 2.24) is 16.0 Å². The summed E-state index contributed by atoms with van der Waals surface area (Å²) in [5.41, 5.74) is 11.6. The summed E-state index contributed by atoms with van der Waals surface area (Å²) < 4.78 is 0. The maximum atomic E-state index is 12.8. The minimum Gasteiger partial charge on any atom is -0.481 e. The number of carbonyl (C=O) groups excluding carboxylic acids is 4. The van der Waals surface area contributed by atoms with Gasteiger partial charge in [-0.3, -0.25) is 24.0 Å². The summed E-state index contributed by atoms with van der Waals surface area (Å²) in [5.74, 6) is -6.90. The van der Waals surface area contributed by atoms with Crippen LogP contribution in [0.4, 0.5) is 0 Å². The molecular formula is C23H33N5O8. The molecule has 4 amide bonds. The second kappa shape index (κ2) is 14.4. The van der Waals surface area contributed by atoms with E-state index in [4.69, 9.17) is 16.6 Å². The third-order valence-electron chi connectivity index (χ3n) is 5.51. The highest BCUT2D eigenvalue weighted by atomic mass is 16.4. The standard InChI is InChI=1S/C23H33N5O8/c1-3-12(2)19(25)22(34)27-15(11-18(30)31)21(33)26-14(10-17(24)29)20(32)28-16(23(35)36)9-13-7-5-4-6-8-13/h4-8,12,14-16,19H,3,9-11,25H2,1-2H3,(H2,24,29)(H,26,33)(H,27,34)(H,28,32)(H,30,31)(H,35,36). The Hall–Kier alpha value is -4.00. The van der Waals surface area contributed by atoms with Gasteiger partial charge in [0.2, 0.25) is 23.6 Å². The summed E-state index contributed by atoms with van der Waals surface area (Å²) in [7, 11) is 0. The third-order valence-corrected chi connectivity index (χ3v) is 5.51. The van der Waals surface area contributed by atoms with Crippen molar-refractivity contribution in [1.29, 1.82) is 0 Å². The number of aliphatic carboxylic acids is 2. The van der Waals surface area contributed by atoms with Gasteiger partial charge in [0.25, 0.3) is 0 Å². The lowest BCUT2D eigenvalue weighted by molar-refractivity contribution is -0.143. The van der Waals surface area contributed by atoms with Crippen LogP contribution in [-0.4, -0.2) is 69.9 Å². The smallest absolute Gasteiger partial charge is 0.326 e. The number of amides is 4. The molecule has 1 aromatic carbocycles. The van der Waals surface area contributed by atoms with Crippen molar-refractivity contribution in [3.05, 3.63) is 35.9 Å². The number of benzene rings is 1. The molecule has 0 spiro atoms. The van der Waals surface area contributed by atoms with Crippen molar-refractivity contribution in [3.63, 3.8) is 0 Å². The van der Waals surface area contributed by atoms with Crippen LogP contribution in [0.5, 0.6) is 0 Å². The van der Waals surface area contributed by atoms with Gasteiger partial charge in [0.05, 0.1) is 18.9 Å². The number of carbonyl (C=O) groups is 6. The second-order valence-corrected chi connectivity index (χ2v) is 8.39. The Bertz CT molecular complexity index is 955. The molecule has 0 aliphatic rings. The molecule has 0 saturated heterocycles. The number of nitrogens with one attached hydrogen (secondary N) is 3. The van der Waals surface area contributed by atoms with Crippen molar-refractivity contribution in [2.24, 2.45) is 17.4 Å². The topological polar surface area (TPSA) is 231 Å². The lowest BCUT2D eigenvalue weighted by atomic mass is 9.99. The van der Waals surface area contributed by atoms with Gasteiger partial charge >= 0.3 is 11.9 Å². The van der Waals surface area contributed by atoms with Crippen LogP contribution in [0.3, 0.4) is 0 Å². The Morgan fingerprint density at radius 2 is 1.33 bits per heavy atom. The van der Waals surface area contributed by atoms with Crippen LogP contribution in [0, 0.1) is 5.92 Å². The van der Waals surface area contributed by atoms with Gasteiger partial charge in [-0.2, -0.15) is 0 Å². The van der Waals surface area contributed by atoms with Crippen LogP contribution in [0.2, 0.25) is 0 Å². The molecule has 198 valence electrons. The molecule has 5 unspecified atom stereocenters. The molecule has 9 N–H and O–H groups in total. The van der Waals surface area contributed by atoms with Gasteiger partial charge in [0.15, 0.2) is 0 Å². The van der Waals surface area contributed by atoms with E-state index in [1.807, 2.05) is 0 Å². The van der Waals surface area contributed by atoms with Crippen LogP contribution >= 0.6 is 0 Å². The first kappa shape index (κ1) is 30.0. The zero-order chi connectivity index (χ0) is 27.4. The Labute approximate surface area is 208 Å². The van der Waals surface area contributed by atoms with E-state index >= 15 is 0 Å². The number of carboxylic acids is 2. The summed E-state index contributed by atoms with van der Waals surface area (Å²) in [5, 5.41) is 25.4. The Kier molecular flexibility index (Phi) is 12.0. The second-order valence-electron chi connectivity index (χ2n) is 8.39. The first-order valence-corrected chi connectivity index (χ1v) is 11.3. The van der Waals surface area contributed by atoms with Gasteiger partial charge in [0, 0.05) is 6.42 Å². The molecule has 0 fully saturated rings. The van der Waals surface area contributed by atoms with E-state index in [1.54, 1.807) is 44.2 Å². The largest absolute Gasteiger partial charge is 0.481 e. The predicted molar refractivity (Wildman–Crippen MR) is 127 cm³/mol. The van der Waals surface area contributed by atoms with Crippen LogP contribution in [0.15, 0.2) is 30.3 Å². The summed E-state index contributed by atoms with van der Waals surface area (Å²) >= 11 is 0. The highest BCUT2D eigenvalue weighted by Crippen LogP contribution is 2.08. The highest BCUT2D eigenvalue weighted by molar-refractivity contribution is 5.97. The van der Waals surface area contributed by atoms with Gasteiger partial charge in [-0.25, -0.2) is 4.79 Å². The maximum absolute atomic E-state index is 12.8. The number of primary amides is 1. The van der Waals surface area contributed by atoms with Gasteiger partial charge in [-0.15, -0.1) is 0 Å². The van der Waals surface area contributed by atoms with E-state index in [-0.39, 0.29) is 12.3 Å². The molecular weight excluding hydrogens is 474 g/mol. The number of nitrogens with two attached hydrogens (primary N) is 2. The van der Waals surface area contributed by atoms with E-state index < -0.39 is 72.6 Å². The summed E-state index contributed by atoms with van der Waals surface area (Å²) in [4.78, 5) is 72.5. The molecule has 5 atom stereocenters. The number of hydrogen-bond acceptors (Lipinski definition) is 7. The molecule has 0 radical (unpaired) electrons. The maximum Gasteiger partial charge on any atom is 0.326 e. The molecule has 0 heterocycles. The number of hydrogen-bond donors (Lipinski definition) is 7. The van der Waals surface area contributed by atoms with Crippen molar-refractivity contribution in [2.45, 2.75) is 63.7 Å². The Morgan fingerprint density at radius 1 is 0.833 bits per heavy atom. The fourth-order valence-corrected chi connectivity index (χ4v) is 3.17. The van der Waals surface area contributed by atoms with Crippen LogP contribution in [0.25, 0.3) is 0 Å². The fourth-order valence-electron chi connectivity index (χ4n) is 3.17. The van der Waals surface area contributed by atoms with Gasteiger partial charge in [0.1, 0.15) is 18.1 Å². The first-order valence-electron chi connectivity index (χ1n) is 11.3. The minimum atomic E-state index is -1.62. The van der Waals surface area contributed by atoms with Crippen molar-refractivity contribution < 1.29 is 39.0 Å². The van der Waals surface area contributed by atoms with E-state index in [0.717, 1.165) is 0 Å². The summed E-state index contributed by atoms with van der Waals surface area (Å²) in [6.07, 6.45) is -1.06. The molecule has 13 nitrogen and oxygen atoms in total. The molecule has 36 heavy (non-hydrogen) atoms. The SMILES string of the molecule is CCC(C)C(N)C(=O)NC(CC(=O)O)C(=O)NC(CC(N)=O)C(=O)NC(Cc1ccccc1)C(=O)O. The molecule has 1 aromatic rings. The molecule has 0 aliphatic heterocycles. The van der Waals surface area contributed by atoms with Gasteiger partial charge < -0.3 is 37.6 Å². The van der Waals surface area contributed by atoms with E-state index in [0.29, 0.717) is 12.0 Å². The lowest BCUT2D eigenvalue weighted by Gasteiger charge is -2.25. The molecule has 0 saturated carbocycles. The normalized spacial score (nSPS) is 14.9. The quantitative estimate of drug-likeness (QED) is 0.146. The number of rotatable bonds is 15. The lowest BCUT2D eigenvalue weighted by Crippen LogP contribution is -2.58. The number of carboxylic acid groups (broad SMARTS) is 2. The van der Waals surface area contributed by atoms with Crippen LogP contribution < -0.4 is 27.4 Å². The Balaban J connectivity index is 3.03. The highest BCUT2D eigenvalue weighted by Gasteiger charge is 2.32. The van der Waals surface area contributed by atoms with Crippen LogP contribution in [0.1, 0.15) is 38.7 Å². The van der Waals surface area contributed by atoms with Gasteiger partial charge in [-0.1, -0.05) is 50.6 Å². The van der Waals surface area contributed by atoms with Crippen molar-refractivity contribution in [3.8, 4) is 0 Å². The van der Waals surface area contributed by atoms with E-state index in [9.17, 15) is 33.9 Å². The molecule has 1 rings (SSSR count). The zero-order valence-corrected chi connectivity index (χ0v) is 20.1. The molecule has 0 bridgehead atoms. The van der Waals surface area contributed by atoms with E-state index in [1.165, 1.54) is 0 Å². The molecule has 13 heteroatoms. The van der Waals surface area contributed by atoms with Crippen LogP contribution in [-0.2, 0) is 35.2 Å². The average molecular weight is 508 g/mol. The minimum absolute atomic E-state index is 0.0790. The van der Waals surface area contributed by atoms with Crippen molar-refractivity contribution >= 4 is 35.6 Å². The van der Waals surface area contributed by atoms with Gasteiger partial charge in [-0.05, 0) is 11.5 Å². The molecule has 0 aromatic heterocycles. The average Bonchev–Trinajstić information content (AvgIpc) is 2.81. The van der Waals surface area contributed by atoms with Crippen molar-refractivity contribution in [2.75, 3.05) is 0 Å². The first-order chi connectivity index (χ1) is 16.8. The fraction of sp³-hybridized carbons (Fsp3) is 0.478. The third kappa shape index (κ3) is 10.1.